The van der Waals surface area contributed by atoms with E-state index in [1.54, 1.807) is 6.20 Å². The van der Waals surface area contributed by atoms with Crippen molar-refractivity contribution in [2.75, 3.05) is 7.05 Å². The van der Waals surface area contributed by atoms with E-state index < -0.39 is 0 Å². The lowest BCUT2D eigenvalue weighted by molar-refractivity contribution is 0.290. The molecule has 0 radical (unpaired) electrons. The van der Waals surface area contributed by atoms with Crippen LogP contribution in [0, 0.1) is 20.8 Å². The van der Waals surface area contributed by atoms with Crippen molar-refractivity contribution < 1.29 is 0 Å². The second kappa shape index (κ2) is 4.69. The summed E-state index contributed by atoms with van der Waals surface area (Å²) in [5, 5.41) is 0. The summed E-state index contributed by atoms with van der Waals surface area (Å²) in [5.74, 6) is 0. The van der Waals surface area contributed by atoms with E-state index in [9.17, 15) is 0 Å². The molecule has 2 heterocycles. The zero-order chi connectivity index (χ0) is 15.2. The molecular weight excluding hydrogens is 258 g/mol. The van der Waals surface area contributed by atoms with Crippen LogP contribution in [0.15, 0.2) is 35.6 Å². The monoisotopic (exact) mass is 279 g/mol. The lowest BCUT2D eigenvalue weighted by Crippen LogP contribution is -2.44. The minimum atomic E-state index is -0.244. The van der Waals surface area contributed by atoms with E-state index in [1.807, 2.05) is 18.6 Å². The molecule has 21 heavy (non-hydrogen) atoms. The van der Waals surface area contributed by atoms with Gasteiger partial charge in [-0.1, -0.05) is 17.7 Å². The number of nitrogens with zero attached hydrogens (tertiary/aromatic N) is 3. The average Bonchev–Trinajstić information content (AvgIpc) is 2.47. The first-order valence-electron chi connectivity index (χ1n) is 7.24. The Hall–Kier alpha value is -2.16. The zero-order valence-corrected chi connectivity index (χ0v) is 13.3. The maximum absolute atomic E-state index is 4.53. The predicted molar refractivity (Wildman–Crippen MR) is 87.3 cm³/mol. The van der Waals surface area contributed by atoms with Crippen LogP contribution < -0.4 is 0 Å². The number of pyridine rings is 1. The van der Waals surface area contributed by atoms with Crippen LogP contribution in [-0.2, 0) is 5.54 Å². The Balaban J connectivity index is 2.32. The smallest absolute Gasteiger partial charge is 0.0922 e. The highest BCUT2D eigenvalue weighted by molar-refractivity contribution is 5.71. The highest BCUT2D eigenvalue weighted by Crippen LogP contribution is 2.43. The van der Waals surface area contributed by atoms with Gasteiger partial charge in [0.15, 0.2) is 0 Å². The highest BCUT2D eigenvalue weighted by atomic mass is 15.2. The van der Waals surface area contributed by atoms with Crippen LogP contribution in [0.2, 0.25) is 0 Å². The van der Waals surface area contributed by atoms with E-state index in [0.29, 0.717) is 0 Å². The van der Waals surface area contributed by atoms with E-state index in [4.69, 9.17) is 0 Å². The quantitative estimate of drug-likeness (QED) is 0.792. The molecule has 3 nitrogen and oxygen atoms in total. The molecular formula is C18H21N3. The number of fused-ring (bicyclic) bond motifs is 1. The standard InChI is InChI=1S/C18H21N3/c1-12-8-13(2)14(3)15(9-12)18(4)16-10-19-7-6-17(16)20-11-21(18)5/h6-11H,1-5H3. The first-order chi connectivity index (χ1) is 9.94. The summed E-state index contributed by atoms with van der Waals surface area (Å²) in [6, 6.07) is 6.51. The number of rotatable bonds is 1. The topological polar surface area (TPSA) is 28.5 Å². The fraction of sp³-hybridized carbons (Fsp3) is 0.333. The van der Waals surface area contributed by atoms with Gasteiger partial charge in [0.1, 0.15) is 0 Å². The van der Waals surface area contributed by atoms with Gasteiger partial charge in [-0.25, -0.2) is 4.99 Å². The molecule has 0 saturated carbocycles. The molecule has 0 bridgehead atoms. The van der Waals surface area contributed by atoms with E-state index in [1.165, 1.54) is 22.3 Å². The molecule has 1 aromatic carbocycles. The molecule has 1 unspecified atom stereocenters. The Morgan fingerprint density at radius 2 is 1.86 bits per heavy atom. The number of aromatic nitrogens is 1. The Morgan fingerprint density at radius 3 is 2.62 bits per heavy atom. The van der Waals surface area contributed by atoms with Crippen LogP contribution in [0.1, 0.15) is 34.7 Å². The summed E-state index contributed by atoms with van der Waals surface area (Å²) in [6.45, 7) is 8.78. The highest BCUT2D eigenvalue weighted by Gasteiger charge is 2.38. The number of hydrogen-bond donors (Lipinski definition) is 0. The van der Waals surface area contributed by atoms with Crippen LogP contribution in [0.5, 0.6) is 0 Å². The van der Waals surface area contributed by atoms with Crippen molar-refractivity contribution in [3.05, 3.63) is 58.4 Å². The Morgan fingerprint density at radius 1 is 1.10 bits per heavy atom. The van der Waals surface area contributed by atoms with Gasteiger partial charge in [0.25, 0.3) is 0 Å². The molecule has 0 fully saturated rings. The molecule has 0 saturated heterocycles. The molecule has 1 aliphatic rings. The van der Waals surface area contributed by atoms with Gasteiger partial charge in [-0.3, -0.25) is 4.98 Å². The van der Waals surface area contributed by atoms with E-state index in [-0.39, 0.29) is 5.54 Å². The van der Waals surface area contributed by atoms with Crippen molar-refractivity contribution in [1.29, 1.82) is 0 Å². The van der Waals surface area contributed by atoms with Crippen molar-refractivity contribution >= 4 is 12.0 Å². The third-order valence-corrected chi connectivity index (χ3v) is 4.73. The van der Waals surface area contributed by atoms with Gasteiger partial charge in [-0.2, -0.15) is 0 Å². The SMILES string of the molecule is Cc1cc(C)c(C)c(C2(C)c3cnccc3N=CN2C)c1. The minimum Gasteiger partial charge on any atom is -0.352 e. The third-order valence-electron chi connectivity index (χ3n) is 4.73. The molecule has 1 aromatic heterocycles. The number of hydrogen-bond acceptors (Lipinski definition) is 3. The summed E-state index contributed by atoms with van der Waals surface area (Å²) >= 11 is 0. The van der Waals surface area contributed by atoms with Crippen molar-refractivity contribution in [2.24, 2.45) is 4.99 Å². The largest absolute Gasteiger partial charge is 0.352 e. The van der Waals surface area contributed by atoms with Crippen molar-refractivity contribution in [1.82, 2.24) is 9.88 Å². The molecule has 2 aromatic rings. The van der Waals surface area contributed by atoms with Crippen molar-refractivity contribution in [3.63, 3.8) is 0 Å². The van der Waals surface area contributed by atoms with E-state index >= 15 is 0 Å². The van der Waals surface area contributed by atoms with Gasteiger partial charge < -0.3 is 4.90 Å². The average molecular weight is 279 g/mol. The van der Waals surface area contributed by atoms with Gasteiger partial charge in [-0.15, -0.1) is 0 Å². The second-order valence-electron chi connectivity index (χ2n) is 6.07. The van der Waals surface area contributed by atoms with E-state index in [0.717, 1.165) is 11.3 Å². The zero-order valence-electron chi connectivity index (χ0n) is 13.3. The maximum atomic E-state index is 4.53. The Bertz CT molecular complexity index is 733. The fourth-order valence-electron chi connectivity index (χ4n) is 3.21. The molecule has 1 atom stereocenters. The molecule has 1 aliphatic heterocycles. The molecule has 3 heteroatoms. The lowest BCUT2D eigenvalue weighted by Gasteiger charge is -2.42. The first kappa shape index (κ1) is 13.8. The Labute approximate surface area is 126 Å². The lowest BCUT2D eigenvalue weighted by atomic mass is 9.79. The van der Waals surface area contributed by atoms with Crippen molar-refractivity contribution in [3.8, 4) is 0 Å². The summed E-state index contributed by atoms with van der Waals surface area (Å²) in [7, 11) is 2.08. The predicted octanol–water partition coefficient (Wildman–Crippen LogP) is 3.88. The van der Waals surface area contributed by atoms with Gasteiger partial charge in [0.2, 0.25) is 0 Å². The van der Waals surface area contributed by atoms with Gasteiger partial charge >= 0.3 is 0 Å². The van der Waals surface area contributed by atoms with E-state index in [2.05, 4.69) is 61.8 Å². The molecule has 0 N–H and O–H groups in total. The third kappa shape index (κ3) is 1.96. The maximum Gasteiger partial charge on any atom is 0.0922 e. The Kier molecular flexibility index (Phi) is 3.08. The summed E-state index contributed by atoms with van der Waals surface area (Å²) < 4.78 is 0. The minimum absolute atomic E-state index is 0.244. The van der Waals surface area contributed by atoms with Crippen LogP contribution in [0.25, 0.3) is 0 Å². The number of aryl methyl sites for hydroxylation is 2. The molecule has 108 valence electrons. The number of aliphatic imine (C=N–C) groups is 1. The van der Waals surface area contributed by atoms with Gasteiger partial charge in [-0.05, 0) is 50.5 Å². The summed E-state index contributed by atoms with van der Waals surface area (Å²) in [4.78, 5) is 11.0. The fourth-order valence-corrected chi connectivity index (χ4v) is 3.21. The van der Waals surface area contributed by atoms with Gasteiger partial charge in [0.05, 0.1) is 17.6 Å². The summed E-state index contributed by atoms with van der Waals surface area (Å²) in [5.41, 5.74) is 7.19. The normalized spacial score (nSPS) is 20.5. The second-order valence-corrected chi connectivity index (χ2v) is 6.07. The first-order valence-corrected chi connectivity index (χ1v) is 7.24. The molecule has 3 rings (SSSR count). The number of benzene rings is 1. The molecule has 0 aliphatic carbocycles. The van der Waals surface area contributed by atoms with Crippen LogP contribution >= 0.6 is 0 Å². The van der Waals surface area contributed by atoms with Gasteiger partial charge in [0, 0.05) is 25.0 Å². The van der Waals surface area contributed by atoms with Crippen LogP contribution in [0.4, 0.5) is 5.69 Å². The molecule has 0 amide bonds. The molecule has 0 spiro atoms. The van der Waals surface area contributed by atoms with Crippen LogP contribution in [-0.4, -0.2) is 23.3 Å². The van der Waals surface area contributed by atoms with Crippen LogP contribution in [0.3, 0.4) is 0 Å². The van der Waals surface area contributed by atoms with Crippen molar-refractivity contribution in [2.45, 2.75) is 33.2 Å². The summed E-state index contributed by atoms with van der Waals surface area (Å²) in [6.07, 6.45) is 5.66.